The number of para-hydroxylation sites is 1. The highest BCUT2D eigenvalue weighted by Crippen LogP contribution is 2.45. The minimum Gasteiger partial charge on any atom is -0.381 e. The predicted molar refractivity (Wildman–Crippen MR) is 99.5 cm³/mol. The summed E-state index contributed by atoms with van der Waals surface area (Å²) in [4.78, 5) is 15.5. The van der Waals surface area contributed by atoms with Gasteiger partial charge in [-0.05, 0) is 25.0 Å². The largest absolute Gasteiger partial charge is 0.381 e. The molecule has 6 nitrogen and oxygen atoms in total. The number of hydrogen-bond donors (Lipinski definition) is 1. The van der Waals surface area contributed by atoms with Crippen LogP contribution >= 0.6 is 0 Å². The Kier molecular flexibility index (Phi) is 4.78. The molecule has 26 heavy (non-hydrogen) atoms. The molecular formula is C20H26N4O2. The van der Waals surface area contributed by atoms with Crippen LogP contribution in [0.5, 0.6) is 0 Å². The van der Waals surface area contributed by atoms with Crippen LogP contribution in [0.25, 0.3) is 0 Å². The van der Waals surface area contributed by atoms with Crippen molar-refractivity contribution < 1.29 is 9.53 Å². The molecule has 0 aliphatic carbocycles. The lowest BCUT2D eigenvalue weighted by Gasteiger charge is -2.37. The van der Waals surface area contributed by atoms with E-state index in [1.807, 2.05) is 54.5 Å². The topological polar surface area (TPSA) is 59.4 Å². The number of hydrogen-bond acceptors (Lipinski definition) is 4. The Morgan fingerprint density at radius 1 is 1.31 bits per heavy atom. The van der Waals surface area contributed by atoms with E-state index in [1.165, 1.54) is 5.56 Å². The fourth-order valence-corrected chi connectivity index (χ4v) is 4.40. The Balaban J connectivity index is 1.51. The second-order valence-corrected chi connectivity index (χ2v) is 7.57. The van der Waals surface area contributed by atoms with E-state index in [9.17, 15) is 4.79 Å². The van der Waals surface area contributed by atoms with Gasteiger partial charge >= 0.3 is 0 Å². The Hall–Kier alpha value is -2.18. The van der Waals surface area contributed by atoms with Crippen LogP contribution in [0.2, 0.25) is 0 Å². The van der Waals surface area contributed by atoms with Gasteiger partial charge in [0.05, 0.1) is 12.1 Å². The zero-order chi connectivity index (χ0) is 18.0. The molecule has 0 saturated carbocycles. The van der Waals surface area contributed by atoms with Crippen LogP contribution in [0.15, 0.2) is 42.7 Å². The number of benzene rings is 1. The maximum atomic E-state index is 13.1. The van der Waals surface area contributed by atoms with Gasteiger partial charge < -0.3 is 10.1 Å². The molecule has 0 unspecified atom stereocenters. The first-order valence-corrected chi connectivity index (χ1v) is 9.28. The van der Waals surface area contributed by atoms with Crippen molar-refractivity contribution >= 4 is 11.6 Å². The van der Waals surface area contributed by atoms with Gasteiger partial charge in [-0.15, -0.1) is 0 Å². The van der Waals surface area contributed by atoms with E-state index >= 15 is 0 Å². The van der Waals surface area contributed by atoms with E-state index in [-0.39, 0.29) is 17.2 Å². The summed E-state index contributed by atoms with van der Waals surface area (Å²) in [5.74, 6) is 0.120. The van der Waals surface area contributed by atoms with Gasteiger partial charge in [0.2, 0.25) is 5.91 Å². The number of anilines is 1. The monoisotopic (exact) mass is 354 g/mol. The zero-order valence-electron chi connectivity index (χ0n) is 15.2. The SMILES string of the molecule is Cn1cc(CN2C[C@@H](C(=O)Nc3ccccc3)C3(CCOCC3)C2)cn1. The maximum absolute atomic E-state index is 13.1. The molecule has 2 fully saturated rings. The zero-order valence-corrected chi connectivity index (χ0v) is 15.2. The lowest BCUT2D eigenvalue weighted by Crippen LogP contribution is -2.42. The highest BCUT2D eigenvalue weighted by molar-refractivity contribution is 5.93. The average molecular weight is 354 g/mol. The maximum Gasteiger partial charge on any atom is 0.229 e. The molecule has 1 amide bonds. The highest BCUT2D eigenvalue weighted by Gasteiger charge is 2.50. The van der Waals surface area contributed by atoms with Crippen molar-refractivity contribution in [2.45, 2.75) is 19.4 Å². The fourth-order valence-electron chi connectivity index (χ4n) is 4.40. The predicted octanol–water partition coefficient (Wildman–Crippen LogP) is 2.29. The van der Waals surface area contributed by atoms with Crippen LogP contribution in [0.1, 0.15) is 18.4 Å². The first kappa shape index (κ1) is 17.2. The van der Waals surface area contributed by atoms with E-state index in [1.54, 1.807) is 0 Å². The molecule has 0 bridgehead atoms. The number of likely N-dealkylation sites (tertiary alicyclic amines) is 1. The van der Waals surface area contributed by atoms with E-state index < -0.39 is 0 Å². The highest BCUT2D eigenvalue weighted by atomic mass is 16.5. The minimum absolute atomic E-state index is 0.0109. The van der Waals surface area contributed by atoms with Gasteiger partial charge in [0.25, 0.3) is 0 Å². The van der Waals surface area contributed by atoms with Crippen LogP contribution in [0.3, 0.4) is 0 Å². The van der Waals surface area contributed by atoms with Gasteiger partial charge in [0.1, 0.15) is 0 Å². The Morgan fingerprint density at radius 3 is 2.77 bits per heavy atom. The lowest BCUT2D eigenvalue weighted by atomic mass is 9.71. The number of carbonyl (C=O) groups is 1. The number of aryl methyl sites for hydroxylation is 1. The molecule has 4 rings (SSSR count). The van der Waals surface area contributed by atoms with Crippen molar-refractivity contribution in [3.05, 3.63) is 48.3 Å². The fraction of sp³-hybridized carbons (Fsp3) is 0.500. The Morgan fingerprint density at radius 2 is 2.08 bits per heavy atom. The number of carbonyl (C=O) groups excluding carboxylic acids is 1. The summed E-state index contributed by atoms with van der Waals surface area (Å²) in [6, 6.07) is 9.74. The third-order valence-electron chi connectivity index (χ3n) is 5.73. The van der Waals surface area contributed by atoms with E-state index in [4.69, 9.17) is 4.74 Å². The van der Waals surface area contributed by atoms with Gasteiger partial charge in [-0.3, -0.25) is 14.4 Å². The van der Waals surface area contributed by atoms with E-state index in [0.29, 0.717) is 0 Å². The summed E-state index contributed by atoms with van der Waals surface area (Å²) >= 11 is 0. The van der Waals surface area contributed by atoms with E-state index in [0.717, 1.165) is 51.4 Å². The smallest absolute Gasteiger partial charge is 0.229 e. The molecule has 1 spiro atoms. The van der Waals surface area contributed by atoms with Crippen molar-refractivity contribution in [1.29, 1.82) is 0 Å². The van der Waals surface area contributed by atoms with Crippen molar-refractivity contribution in [2.75, 3.05) is 31.6 Å². The van der Waals surface area contributed by atoms with Crippen LogP contribution in [0.4, 0.5) is 5.69 Å². The third-order valence-corrected chi connectivity index (χ3v) is 5.73. The normalized spacial score (nSPS) is 22.6. The minimum atomic E-state index is -0.0109. The summed E-state index contributed by atoms with van der Waals surface area (Å²) < 4.78 is 7.42. The Labute approximate surface area is 154 Å². The number of rotatable bonds is 4. The molecule has 138 valence electrons. The van der Waals surface area contributed by atoms with Gasteiger partial charge in [0.15, 0.2) is 0 Å². The van der Waals surface area contributed by atoms with Crippen molar-refractivity contribution in [3.63, 3.8) is 0 Å². The average Bonchev–Trinajstić information content (AvgIpc) is 3.20. The van der Waals surface area contributed by atoms with Gasteiger partial charge in [-0.25, -0.2) is 0 Å². The molecule has 2 saturated heterocycles. The van der Waals surface area contributed by atoms with Gasteiger partial charge in [-0.1, -0.05) is 18.2 Å². The molecular weight excluding hydrogens is 328 g/mol. The molecule has 3 heterocycles. The first-order chi connectivity index (χ1) is 12.6. The summed E-state index contributed by atoms with van der Waals surface area (Å²) in [6.45, 7) is 4.06. The standard InChI is InChI=1S/C20H26N4O2/c1-23-12-16(11-21-23)13-24-14-18(20(15-24)7-9-26-10-8-20)19(25)22-17-5-3-2-4-6-17/h2-6,11-12,18H,7-10,13-15H2,1H3,(H,22,25)/t18-/m0/s1. The van der Waals surface area contributed by atoms with Crippen LogP contribution in [-0.4, -0.2) is 46.9 Å². The Bertz CT molecular complexity index is 752. The van der Waals surface area contributed by atoms with Crippen molar-refractivity contribution in [3.8, 4) is 0 Å². The first-order valence-electron chi connectivity index (χ1n) is 9.28. The summed E-state index contributed by atoms with van der Waals surface area (Å²) in [5, 5.41) is 7.38. The van der Waals surface area contributed by atoms with Crippen LogP contribution in [0, 0.1) is 11.3 Å². The molecule has 2 aliphatic heterocycles. The molecule has 1 N–H and O–H groups in total. The van der Waals surface area contributed by atoms with Crippen molar-refractivity contribution in [2.24, 2.45) is 18.4 Å². The van der Waals surface area contributed by atoms with Crippen LogP contribution in [-0.2, 0) is 23.1 Å². The lowest BCUT2D eigenvalue weighted by molar-refractivity contribution is -0.124. The molecule has 0 radical (unpaired) electrons. The summed E-state index contributed by atoms with van der Waals surface area (Å²) in [6.07, 6.45) is 5.86. The number of ether oxygens (including phenoxy) is 1. The van der Waals surface area contributed by atoms with Gasteiger partial charge in [-0.2, -0.15) is 5.10 Å². The third kappa shape index (κ3) is 3.52. The second kappa shape index (κ2) is 7.21. The number of nitrogens with one attached hydrogen (secondary N) is 1. The number of amides is 1. The van der Waals surface area contributed by atoms with Gasteiger partial charge in [0, 0.05) is 62.8 Å². The molecule has 2 aromatic rings. The molecule has 6 heteroatoms. The number of nitrogens with zero attached hydrogens (tertiary/aromatic N) is 3. The summed E-state index contributed by atoms with van der Waals surface area (Å²) in [7, 11) is 1.93. The molecule has 2 aliphatic rings. The van der Waals surface area contributed by atoms with E-state index in [2.05, 4.69) is 15.3 Å². The van der Waals surface area contributed by atoms with Crippen molar-refractivity contribution in [1.82, 2.24) is 14.7 Å². The summed E-state index contributed by atoms with van der Waals surface area (Å²) in [5.41, 5.74) is 2.07. The second-order valence-electron chi connectivity index (χ2n) is 7.57. The molecule has 1 aromatic carbocycles. The molecule has 1 atom stereocenters. The quantitative estimate of drug-likeness (QED) is 0.915. The molecule has 1 aromatic heterocycles. The number of aromatic nitrogens is 2. The van der Waals surface area contributed by atoms with Crippen LogP contribution < -0.4 is 5.32 Å².